The van der Waals surface area contributed by atoms with Crippen molar-refractivity contribution in [1.29, 1.82) is 0 Å². The molecular formula is C33H28N4O17. The third kappa shape index (κ3) is 13.5. The summed E-state index contributed by atoms with van der Waals surface area (Å²) in [6.07, 6.45) is -3.14. The molecule has 0 heterocycles. The third-order valence-corrected chi connectivity index (χ3v) is 6.69. The zero-order valence-electron chi connectivity index (χ0n) is 27.8. The minimum atomic E-state index is -1.25. The Labute approximate surface area is 303 Å². The maximum atomic E-state index is 12.8. The molecule has 21 nitrogen and oxygen atoms in total. The summed E-state index contributed by atoms with van der Waals surface area (Å²) in [7, 11) is 0. The average Bonchev–Trinajstić information content (AvgIpc) is 3.11. The molecule has 4 rings (SSSR count). The lowest BCUT2D eigenvalue weighted by Crippen LogP contribution is -2.36. The van der Waals surface area contributed by atoms with Gasteiger partial charge >= 0.3 is 18.4 Å². The van der Waals surface area contributed by atoms with Crippen molar-refractivity contribution >= 4 is 18.4 Å². The van der Waals surface area contributed by atoms with Crippen molar-refractivity contribution in [2.24, 2.45) is 0 Å². The standard InChI is InChI=1S/C33H28N4O17/c1-21(34-31(38)50-26-9-2-22(3-10-26)18-47-35(41)42)16-25-8-15-29(53-32(39)51-27-11-4-23(5-12-27)19-48-36(43)44)30(17-25)54-33(40)52-28-13-6-24(7-14-28)20-49-37(45)46/h2-15,17,21H,16,18-20H2,1H3,(H,34,38). The van der Waals surface area contributed by atoms with Crippen molar-refractivity contribution in [1.82, 2.24) is 5.32 Å². The molecule has 1 amide bonds. The number of amides is 1. The zero-order chi connectivity index (χ0) is 39.0. The molecule has 0 bridgehead atoms. The van der Waals surface area contributed by atoms with Crippen LogP contribution in [0, 0.1) is 30.3 Å². The highest BCUT2D eigenvalue weighted by Crippen LogP contribution is 2.31. The van der Waals surface area contributed by atoms with E-state index >= 15 is 0 Å². The van der Waals surface area contributed by atoms with Crippen molar-refractivity contribution in [3.8, 4) is 28.7 Å². The van der Waals surface area contributed by atoms with Gasteiger partial charge in [-0.15, -0.1) is 30.3 Å². The fourth-order valence-corrected chi connectivity index (χ4v) is 4.34. The summed E-state index contributed by atoms with van der Waals surface area (Å²) < 4.78 is 26.3. The Morgan fingerprint density at radius 1 is 0.537 bits per heavy atom. The number of nitrogens with zero attached hydrogens (tertiary/aromatic N) is 3. The second-order valence-electron chi connectivity index (χ2n) is 10.8. The number of benzene rings is 4. The molecule has 0 aliphatic carbocycles. The molecule has 0 aliphatic heterocycles. The van der Waals surface area contributed by atoms with Crippen LogP contribution in [0.15, 0.2) is 91.0 Å². The molecular weight excluding hydrogens is 724 g/mol. The largest absolute Gasteiger partial charge is 0.519 e. The van der Waals surface area contributed by atoms with Gasteiger partial charge in [0, 0.05) is 6.04 Å². The molecule has 1 atom stereocenters. The predicted molar refractivity (Wildman–Crippen MR) is 177 cm³/mol. The minimum Gasteiger partial charge on any atom is -0.410 e. The van der Waals surface area contributed by atoms with Crippen LogP contribution in [0.2, 0.25) is 0 Å². The summed E-state index contributed by atoms with van der Waals surface area (Å²) >= 11 is 0. The van der Waals surface area contributed by atoms with Crippen LogP contribution in [0.5, 0.6) is 28.7 Å². The summed E-state index contributed by atoms with van der Waals surface area (Å²) in [6.45, 7) is 0.727. The Morgan fingerprint density at radius 3 is 1.31 bits per heavy atom. The first-order valence-corrected chi connectivity index (χ1v) is 15.3. The molecule has 0 fully saturated rings. The second-order valence-corrected chi connectivity index (χ2v) is 10.8. The van der Waals surface area contributed by atoms with Crippen molar-refractivity contribution < 1.29 is 67.8 Å². The van der Waals surface area contributed by atoms with Crippen LogP contribution >= 0.6 is 0 Å². The average molecular weight is 753 g/mol. The van der Waals surface area contributed by atoms with E-state index in [1.165, 1.54) is 91.0 Å². The Morgan fingerprint density at radius 2 is 0.907 bits per heavy atom. The van der Waals surface area contributed by atoms with Crippen LogP contribution in [-0.2, 0) is 40.8 Å². The molecule has 282 valence electrons. The number of nitrogens with one attached hydrogen (secondary N) is 1. The smallest absolute Gasteiger partial charge is 0.410 e. The summed E-state index contributed by atoms with van der Waals surface area (Å²) in [6, 6.07) is 20.5. The first-order chi connectivity index (χ1) is 25.8. The van der Waals surface area contributed by atoms with Gasteiger partial charge in [-0.2, -0.15) is 0 Å². The molecule has 21 heteroatoms. The van der Waals surface area contributed by atoms with Crippen LogP contribution in [0.1, 0.15) is 29.2 Å². The lowest BCUT2D eigenvalue weighted by molar-refractivity contribution is -0.763. The van der Waals surface area contributed by atoms with E-state index in [0.29, 0.717) is 22.3 Å². The van der Waals surface area contributed by atoms with Crippen LogP contribution < -0.4 is 29.0 Å². The van der Waals surface area contributed by atoms with Gasteiger partial charge < -0.3 is 43.5 Å². The number of carbonyl (C=O) groups is 3. The fourth-order valence-electron chi connectivity index (χ4n) is 4.34. The molecule has 1 N–H and O–H groups in total. The van der Waals surface area contributed by atoms with Crippen molar-refractivity contribution in [3.05, 3.63) is 144 Å². The molecule has 54 heavy (non-hydrogen) atoms. The number of ether oxygens (including phenoxy) is 5. The Hall–Kier alpha value is -7.71. The lowest BCUT2D eigenvalue weighted by Gasteiger charge is -2.16. The Balaban J connectivity index is 1.42. The maximum absolute atomic E-state index is 12.8. The molecule has 1 unspecified atom stereocenters. The van der Waals surface area contributed by atoms with Crippen molar-refractivity contribution in [3.63, 3.8) is 0 Å². The highest BCUT2D eigenvalue weighted by Gasteiger charge is 2.19. The first kappa shape index (κ1) is 39.1. The number of carbonyl (C=O) groups excluding carboxylic acids is 3. The van der Waals surface area contributed by atoms with Crippen molar-refractivity contribution in [2.45, 2.75) is 39.2 Å². The molecule has 0 saturated heterocycles. The van der Waals surface area contributed by atoms with Crippen LogP contribution in [0.25, 0.3) is 0 Å². The topological polar surface area (TPSA) is 266 Å². The van der Waals surface area contributed by atoms with E-state index in [-0.39, 0.29) is 55.0 Å². The predicted octanol–water partition coefficient (Wildman–Crippen LogP) is 5.69. The Bertz CT molecular complexity index is 1960. The van der Waals surface area contributed by atoms with Gasteiger partial charge in [0.25, 0.3) is 15.3 Å². The monoisotopic (exact) mass is 752 g/mol. The van der Waals surface area contributed by atoms with Crippen LogP contribution in [0.4, 0.5) is 14.4 Å². The van der Waals surface area contributed by atoms with Gasteiger partial charge in [-0.1, -0.05) is 42.5 Å². The van der Waals surface area contributed by atoms with Gasteiger partial charge in [0.05, 0.1) is 0 Å². The highest BCUT2D eigenvalue weighted by molar-refractivity contribution is 5.72. The van der Waals surface area contributed by atoms with E-state index in [9.17, 15) is 44.7 Å². The Kier molecular flexibility index (Phi) is 13.8. The van der Waals surface area contributed by atoms with Gasteiger partial charge in [0.1, 0.15) is 37.1 Å². The maximum Gasteiger partial charge on any atom is 0.519 e. The van der Waals surface area contributed by atoms with Crippen LogP contribution in [-0.4, -0.2) is 39.7 Å². The minimum absolute atomic E-state index is 0.00538. The zero-order valence-corrected chi connectivity index (χ0v) is 27.8. The van der Waals surface area contributed by atoms with E-state index in [0.717, 1.165) is 0 Å². The van der Waals surface area contributed by atoms with E-state index in [1.807, 2.05) is 0 Å². The lowest BCUT2D eigenvalue weighted by atomic mass is 10.1. The van der Waals surface area contributed by atoms with E-state index < -0.39 is 39.7 Å². The van der Waals surface area contributed by atoms with E-state index in [4.69, 9.17) is 23.7 Å². The summed E-state index contributed by atoms with van der Waals surface area (Å²) in [5.41, 5.74) is 1.80. The third-order valence-electron chi connectivity index (χ3n) is 6.69. The van der Waals surface area contributed by atoms with Gasteiger partial charge in [0.15, 0.2) is 11.5 Å². The molecule has 0 saturated carbocycles. The second kappa shape index (κ2) is 19.1. The number of hydrogen-bond donors (Lipinski definition) is 1. The molecule has 0 spiro atoms. The summed E-state index contributed by atoms with van der Waals surface area (Å²) in [5, 5.41) is 31.0. The first-order valence-electron chi connectivity index (χ1n) is 15.3. The molecule has 0 aliphatic rings. The molecule has 4 aromatic carbocycles. The molecule has 0 aromatic heterocycles. The quantitative estimate of drug-likeness (QED) is 0.0587. The molecule has 0 radical (unpaired) electrons. The van der Waals surface area contributed by atoms with Gasteiger partial charge in [-0.25, -0.2) is 14.4 Å². The van der Waals surface area contributed by atoms with E-state index in [1.54, 1.807) is 6.92 Å². The highest BCUT2D eigenvalue weighted by atomic mass is 17.0. The fraction of sp³-hybridized carbons (Fsp3) is 0.182. The SMILES string of the molecule is CC(Cc1ccc(OC(=O)Oc2ccc(CO[N+](=O)[O-])cc2)c(OC(=O)Oc2ccc(CO[N+](=O)[O-])cc2)c1)NC(=O)Oc1ccc(CO[N+](=O)[O-])cc1. The van der Waals surface area contributed by atoms with Gasteiger partial charge in [0.2, 0.25) is 0 Å². The normalized spacial score (nSPS) is 10.8. The van der Waals surface area contributed by atoms with Gasteiger partial charge in [-0.05, 0) is 84.1 Å². The number of hydrogen-bond acceptors (Lipinski definition) is 17. The van der Waals surface area contributed by atoms with E-state index in [2.05, 4.69) is 19.8 Å². The molecule has 4 aromatic rings. The number of rotatable bonds is 17. The van der Waals surface area contributed by atoms with Gasteiger partial charge in [-0.3, -0.25) is 0 Å². The summed E-state index contributed by atoms with van der Waals surface area (Å²) in [4.78, 5) is 82.1. The van der Waals surface area contributed by atoms with Crippen LogP contribution in [0.3, 0.4) is 0 Å². The van der Waals surface area contributed by atoms with Crippen molar-refractivity contribution in [2.75, 3.05) is 0 Å². The summed E-state index contributed by atoms with van der Waals surface area (Å²) in [5.74, 6) is -0.371.